The van der Waals surface area contributed by atoms with Crippen LogP contribution in [0.15, 0.2) is 60.7 Å². The average molecular weight is 315 g/mol. The molecule has 122 valence electrons. The Morgan fingerprint density at radius 1 is 1.00 bits per heavy atom. The Morgan fingerprint density at radius 2 is 1.57 bits per heavy atom. The van der Waals surface area contributed by atoms with Crippen molar-refractivity contribution in [3.8, 4) is 0 Å². The van der Waals surface area contributed by atoms with Gasteiger partial charge in [-0.1, -0.05) is 60.7 Å². The molecule has 2 aromatic carbocycles. The van der Waals surface area contributed by atoms with Gasteiger partial charge in [0.15, 0.2) is 0 Å². The molecule has 0 aliphatic rings. The molecule has 0 aliphatic heterocycles. The molecule has 0 aromatic heterocycles. The smallest absolute Gasteiger partial charge is 0.407 e. The second kappa shape index (κ2) is 8.92. The van der Waals surface area contributed by atoms with E-state index in [9.17, 15) is 9.90 Å². The number of carbonyl (C=O) groups is 1. The van der Waals surface area contributed by atoms with Crippen molar-refractivity contribution in [3.05, 3.63) is 71.8 Å². The van der Waals surface area contributed by atoms with Crippen LogP contribution in [0.5, 0.6) is 0 Å². The third kappa shape index (κ3) is 5.73. The maximum absolute atomic E-state index is 11.9. The SMILES string of the molecule is O=C(N[C@@H](Cc1ccccc1)C(O)CO)OCc1ccccc1. The first kappa shape index (κ1) is 17.0. The highest BCUT2D eigenvalue weighted by molar-refractivity contribution is 5.67. The van der Waals surface area contributed by atoms with Gasteiger partial charge >= 0.3 is 6.09 Å². The first-order valence-corrected chi connectivity index (χ1v) is 7.49. The van der Waals surface area contributed by atoms with Crippen LogP contribution in [-0.4, -0.2) is 35.1 Å². The molecular weight excluding hydrogens is 294 g/mol. The van der Waals surface area contributed by atoms with Crippen molar-refractivity contribution in [3.63, 3.8) is 0 Å². The Hall–Kier alpha value is -2.37. The summed E-state index contributed by atoms with van der Waals surface area (Å²) in [5.41, 5.74) is 1.83. The summed E-state index contributed by atoms with van der Waals surface area (Å²) in [6.07, 6.45) is -1.27. The first-order chi connectivity index (χ1) is 11.2. The molecule has 0 bridgehead atoms. The predicted octanol–water partition coefficient (Wildman–Crippen LogP) is 1.88. The standard InChI is InChI=1S/C18H21NO4/c20-12-17(21)16(11-14-7-3-1-4-8-14)19-18(22)23-13-15-9-5-2-6-10-15/h1-10,16-17,20-21H,11-13H2,(H,19,22)/t16-,17?/m0/s1. The number of alkyl carbamates (subject to hydrolysis) is 1. The highest BCUT2D eigenvalue weighted by Crippen LogP contribution is 2.07. The zero-order valence-corrected chi connectivity index (χ0v) is 12.8. The van der Waals surface area contributed by atoms with Crippen LogP contribution in [0.2, 0.25) is 0 Å². The summed E-state index contributed by atoms with van der Waals surface area (Å²) in [5, 5.41) is 21.7. The molecule has 0 radical (unpaired) electrons. The zero-order chi connectivity index (χ0) is 16.5. The van der Waals surface area contributed by atoms with E-state index in [0.717, 1.165) is 11.1 Å². The van der Waals surface area contributed by atoms with Gasteiger partial charge in [-0.2, -0.15) is 0 Å². The summed E-state index contributed by atoms with van der Waals surface area (Å²) < 4.78 is 5.15. The van der Waals surface area contributed by atoms with Gasteiger partial charge in [0.05, 0.1) is 18.8 Å². The molecule has 0 spiro atoms. The van der Waals surface area contributed by atoms with Crippen LogP contribution in [-0.2, 0) is 17.8 Å². The second-order valence-corrected chi connectivity index (χ2v) is 5.25. The van der Waals surface area contributed by atoms with Crippen molar-refractivity contribution in [2.24, 2.45) is 0 Å². The molecule has 2 atom stereocenters. The van der Waals surface area contributed by atoms with Crippen molar-refractivity contribution in [1.82, 2.24) is 5.32 Å². The van der Waals surface area contributed by atoms with Gasteiger partial charge in [-0.15, -0.1) is 0 Å². The number of amides is 1. The minimum absolute atomic E-state index is 0.153. The fourth-order valence-electron chi connectivity index (χ4n) is 2.19. The average Bonchev–Trinajstić information content (AvgIpc) is 2.60. The van der Waals surface area contributed by atoms with E-state index in [2.05, 4.69) is 5.32 Å². The third-order valence-corrected chi connectivity index (χ3v) is 3.47. The van der Waals surface area contributed by atoms with E-state index in [1.54, 1.807) is 0 Å². The lowest BCUT2D eigenvalue weighted by Gasteiger charge is -2.22. The molecule has 0 heterocycles. The van der Waals surface area contributed by atoms with Crippen LogP contribution < -0.4 is 5.32 Å². The highest BCUT2D eigenvalue weighted by Gasteiger charge is 2.21. The third-order valence-electron chi connectivity index (χ3n) is 3.47. The minimum atomic E-state index is -1.06. The monoisotopic (exact) mass is 315 g/mol. The Kier molecular flexibility index (Phi) is 6.59. The second-order valence-electron chi connectivity index (χ2n) is 5.25. The first-order valence-electron chi connectivity index (χ1n) is 7.49. The summed E-state index contributed by atoms with van der Waals surface area (Å²) in [6, 6.07) is 18.2. The molecule has 2 rings (SSSR count). The van der Waals surface area contributed by atoms with E-state index < -0.39 is 24.8 Å². The number of rotatable bonds is 7. The molecule has 1 unspecified atom stereocenters. The van der Waals surface area contributed by atoms with Crippen molar-refractivity contribution < 1.29 is 19.7 Å². The van der Waals surface area contributed by atoms with Crippen LogP contribution >= 0.6 is 0 Å². The van der Waals surface area contributed by atoms with Crippen LogP contribution in [0.1, 0.15) is 11.1 Å². The number of benzene rings is 2. The van der Waals surface area contributed by atoms with E-state index >= 15 is 0 Å². The number of carbonyl (C=O) groups excluding carboxylic acids is 1. The van der Waals surface area contributed by atoms with E-state index in [1.807, 2.05) is 60.7 Å². The number of aliphatic hydroxyl groups excluding tert-OH is 2. The van der Waals surface area contributed by atoms with Gasteiger partial charge in [0.2, 0.25) is 0 Å². The van der Waals surface area contributed by atoms with Gasteiger partial charge in [0, 0.05) is 0 Å². The zero-order valence-electron chi connectivity index (χ0n) is 12.8. The molecule has 0 saturated heterocycles. The van der Waals surface area contributed by atoms with Crippen molar-refractivity contribution in [1.29, 1.82) is 0 Å². The van der Waals surface area contributed by atoms with E-state index in [1.165, 1.54) is 0 Å². The van der Waals surface area contributed by atoms with Gasteiger partial charge in [-0.3, -0.25) is 0 Å². The number of aliphatic hydroxyl groups is 2. The highest BCUT2D eigenvalue weighted by atomic mass is 16.5. The molecule has 5 nitrogen and oxygen atoms in total. The molecule has 0 fully saturated rings. The largest absolute Gasteiger partial charge is 0.445 e. The molecule has 0 saturated carbocycles. The van der Waals surface area contributed by atoms with Gasteiger partial charge in [0.1, 0.15) is 6.61 Å². The van der Waals surface area contributed by atoms with Gasteiger partial charge < -0.3 is 20.3 Å². The lowest BCUT2D eigenvalue weighted by atomic mass is 10.0. The molecule has 0 aliphatic carbocycles. The van der Waals surface area contributed by atoms with E-state index in [4.69, 9.17) is 9.84 Å². The number of nitrogens with one attached hydrogen (secondary N) is 1. The summed E-state index contributed by atoms with van der Waals surface area (Å²) in [4.78, 5) is 11.9. The van der Waals surface area contributed by atoms with Crippen LogP contribution in [0, 0.1) is 0 Å². The van der Waals surface area contributed by atoms with Crippen molar-refractivity contribution >= 4 is 6.09 Å². The van der Waals surface area contributed by atoms with Gasteiger partial charge in [-0.05, 0) is 17.5 Å². The van der Waals surface area contributed by atoms with Crippen LogP contribution in [0.25, 0.3) is 0 Å². The van der Waals surface area contributed by atoms with Crippen molar-refractivity contribution in [2.45, 2.75) is 25.2 Å². The topological polar surface area (TPSA) is 78.8 Å². The number of ether oxygens (including phenoxy) is 1. The van der Waals surface area contributed by atoms with Gasteiger partial charge in [-0.25, -0.2) is 4.79 Å². The maximum Gasteiger partial charge on any atom is 0.407 e. The van der Waals surface area contributed by atoms with E-state index in [-0.39, 0.29) is 6.61 Å². The number of hydrogen-bond acceptors (Lipinski definition) is 4. The lowest BCUT2D eigenvalue weighted by molar-refractivity contribution is 0.0574. The quantitative estimate of drug-likeness (QED) is 0.729. The fraction of sp³-hybridized carbons (Fsp3) is 0.278. The molecular formula is C18H21NO4. The molecule has 3 N–H and O–H groups in total. The summed E-state index contributed by atoms with van der Waals surface area (Å²) in [7, 11) is 0. The lowest BCUT2D eigenvalue weighted by Crippen LogP contribution is -2.46. The summed E-state index contributed by atoms with van der Waals surface area (Å²) in [5.74, 6) is 0. The molecule has 5 heteroatoms. The fourth-order valence-corrected chi connectivity index (χ4v) is 2.19. The molecule has 1 amide bonds. The normalized spacial score (nSPS) is 13.1. The van der Waals surface area contributed by atoms with Gasteiger partial charge in [0.25, 0.3) is 0 Å². The van der Waals surface area contributed by atoms with E-state index in [0.29, 0.717) is 6.42 Å². The summed E-state index contributed by atoms with van der Waals surface area (Å²) >= 11 is 0. The predicted molar refractivity (Wildman–Crippen MR) is 86.8 cm³/mol. The molecule has 23 heavy (non-hydrogen) atoms. The number of hydrogen-bond donors (Lipinski definition) is 3. The Morgan fingerprint density at radius 3 is 2.13 bits per heavy atom. The minimum Gasteiger partial charge on any atom is -0.445 e. The Balaban J connectivity index is 1.90. The van der Waals surface area contributed by atoms with Crippen LogP contribution in [0.4, 0.5) is 4.79 Å². The molecule has 2 aromatic rings. The van der Waals surface area contributed by atoms with Crippen molar-refractivity contribution in [2.75, 3.05) is 6.61 Å². The Labute approximate surface area is 135 Å². The van der Waals surface area contributed by atoms with Crippen LogP contribution in [0.3, 0.4) is 0 Å². The Bertz CT molecular complexity index is 588. The summed E-state index contributed by atoms with van der Waals surface area (Å²) in [6.45, 7) is -0.281. The maximum atomic E-state index is 11.9.